The number of anilines is 1. The maximum absolute atomic E-state index is 12.5. The molecular formula is C17H20N2O4S. The molecule has 6 nitrogen and oxygen atoms in total. The largest absolute Gasteiger partial charge is 0.465 e. The minimum Gasteiger partial charge on any atom is -0.465 e. The third-order valence-corrected chi connectivity index (χ3v) is 5.55. The second-order valence-corrected chi connectivity index (χ2v) is 7.84. The lowest BCUT2D eigenvalue weighted by atomic mass is 10.1. The maximum atomic E-state index is 12.5. The van der Waals surface area contributed by atoms with Crippen LogP contribution >= 0.6 is 0 Å². The number of carbonyl (C=O) groups excluding carboxylic acids is 1. The predicted molar refractivity (Wildman–Crippen MR) is 90.2 cm³/mol. The maximum Gasteiger partial charge on any atom is 0.240 e. The number of fused-ring (bicyclic) bond motifs is 1. The molecule has 0 fully saturated rings. The Labute approximate surface area is 141 Å². The van der Waals surface area contributed by atoms with E-state index < -0.39 is 10.0 Å². The normalized spacial score (nSPS) is 17.1. The van der Waals surface area contributed by atoms with Crippen LogP contribution < -0.4 is 9.62 Å². The molecule has 0 unspecified atom stereocenters. The molecule has 1 aliphatic rings. The third kappa shape index (κ3) is 3.09. The Kier molecular flexibility index (Phi) is 4.23. The first kappa shape index (κ1) is 16.7. The van der Waals surface area contributed by atoms with Crippen molar-refractivity contribution in [2.24, 2.45) is 0 Å². The van der Waals surface area contributed by atoms with E-state index in [0.29, 0.717) is 12.2 Å². The van der Waals surface area contributed by atoms with Crippen molar-refractivity contribution in [1.29, 1.82) is 0 Å². The Morgan fingerprint density at radius 1 is 1.33 bits per heavy atom. The average molecular weight is 348 g/mol. The minimum absolute atomic E-state index is 0.0366. The fourth-order valence-corrected chi connectivity index (χ4v) is 4.13. The number of hydrogen-bond acceptors (Lipinski definition) is 4. The van der Waals surface area contributed by atoms with Crippen LogP contribution in [-0.2, 0) is 27.8 Å². The Morgan fingerprint density at radius 2 is 2.08 bits per heavy atom. The van der Waals surface area contributed by atoms with Gasteiger partial charge in [0.05, 0.1) is 11.4 Å². The summed E-state index contributed by atoms with van der Waals surface area (Å²) in [5.74, 6) is 1.26. The number of aryl methyl sites for hydroxylation is 1. The molecule has 2 heterocycles. The van der Waals surface area contributed by atoms with Crippen molar-refractivity contribution in [1.82, 2.24) is 4.72 Å². The lowest BCUT2D eigenvalue weighted by molar-refractivity contribution is -0.116. The van der Waals surface area contributed by atoms with Gasteiger partial charge in [-0.25, -0.2) is 13.1 Å². The van der Waals surface area contributed by atoms with E-state index in [1.807, 2.05) is 6.92 Å². The Bertz CT molecular complexity index is 886. The Balaban J connectivity index is 1.82. The van der Waals surface area contributed by atoms with Crippen LogP contribution in [0.25, 0.3) is 0 Å². The third-order valence-electron chi connectivity index (χ3n) is 4.15. The van der Waals surface area contributed by atoms with Crippen molar-refractivity contribution in [3.63, 3.8) is 0 Å². The fraction of sp³-hybridized carbons (Fsp3) is 0.353. The van der Waals surface area contributed by atoms with E-state index in [4.69, 9.17) is 4.42 Å². The highest BCUT2D eigenvalue weighted by Crippen LogP contribution is 2.33. The number of amides is 1. The molecule has 1 aromatic heterocycles. The van der Waals surface area contributed by atoms with Gasteiger partial charge in [0, 0.05) is 18.7 Å². The summed E-state index contributed by atoms with van der Waals surface area (Å²) in [5.41, 5.74) is 1.66. The van der Waals surface area contributed by atoms with Crippen LogP contribution in [0.15, 0.2) is 39.6 Å². The summed E-state index contributed by atoms with van der Waals surface area (Å²) < 4.78 is 32.9. The number of hydrogen-bond donors (Lipinski definition) is 1. The average Bonchev–Trinajstić information content (AvgIpc) is 3.06. The zero-order valence-corrected chi connectivity index (χ0v) is 14.7. The van der Waals surface area contributed by atoms with Gasteiger partial charge in [0.2, 0.25) is 15.9 Å². The van der Waals surface area contributed by atoms with Gasteiger partial charge in [0.25, 0.3) is 0 Å². The highest BCUT2D eigenvalue weighted by molar-refractivity contribution is 7.89. The molecule has 0 aliphatic carbocycles. The van der Waals surface area contributed by atoms with Gasteiger partial charge < -0.3 is 9.32 Å². The number of rotatable bonds is 4. The molecular weight excluding hydrogens is 328 g/mol. The van der Waals surface area contributed by atoms with E-state index in [9.17, 15) is 13.2 Å². The van der Waals surface area contributed by atoms with Crippen molar-refractivity contribution >= 4 is 21.6 Å². The van der Waals surface area contributed by atoms with E-state index in [1.165, 1.54) is 13.0 Å². The lowest BCUT2D eigenvalue weighted by Gasteiger charge is -2.20. The summed E-state index contributed by atoms with van der Waals surface area (Å²) in [7, 11) is -3.64. The van der Waals surface area contributed by atoms with E-state index >= 15 is 0 Å². The van der Waals surface area contributed by atoms with Crippen molar-refractivity contribution in [3.8, 4) is 0 Å². The highest BCUT2D eigenvalue weighted by atomic mass is 32.2. The number of nitrogens with zero attached hydrogens (tertiary/aromatic N) is 1. The molecule has 1 atom stereocenters. The lowest BCUT2D eigenvalue weighted by Crippen LogP contribution is -2.33. The van der Waals surface area contributed by atoms with Gasteiger partial charge in [-0.2, -0.15) is 0 Å². The predicted octanol–water partition coefficient (Wildman–Crippen LogP) is 2.36. The van der Waals surface area contributed by atoms with Crippen LogP contribution in [0.4, 0.5) is 5.69 Å². The fourth-order valence-electron chi connectivity index (χ4n) is 3.08. The summed E-state index contributed by atoms with van der Waals surface area (Å²) in [6.45, 7) is 5.37. The van der Waals surface area contributed by atoms with Crippen LogP contribution in [-0.4, -0.2) is 20.4 Å². The number of sulfonamides is 1. The molecule has 1 aliphatic heterocycles. The summed E-state index contributed by atoms with van der Waals surface area (Å²) >= 11 is 0. The van der Waals surface area contributed by atoms with E-state index in [2.05, 4.69) is 4.72 Å². The SMILES string of the molecule is CC(=O)N1c2ccc(S(=O)(=O)NCc3ccc(C)o3)cc2C[C@@H]1C. The molecule has 1 N–H and O–H groups in total. The first-order valence-electron chi connectivity index (χ1n) is 7.75. The standard InChI is InChI=1S/C17H20N2O4S/c1-11-8-14-9-16(6-7-17(14)19(11)13(3)20)24(21,22)18-10-15-5-4-12(2)23-15/h4-7,9,11,18H,8,10H2,1-3H3/t11-/m0/s1. The molecule has 2 aromatic rings. The van der Waals surface area contributed by atoms with Crippen molar-refractivity contribution < 1.29 is 17.6 Å². The van der Waals surface area contributed by atoms with Gasteiger partial charge in [-0.1, -0.05) is 0 Å². The zero-order chi connectivity index (χ0) is 17.5. The minimum atomic E-state index is -3.64. The van der Waals surface area contributed by atoms with E-state index in [-0.39, 0.29) is 23.4 Å². The summed E-state index contributed by atoms with van der Waals surface area (Å²) in [6.07, 6.45) is 0.648. The molecule has 3 rings (SSSR count). The highest BCUT2D eigenvalue weighted by Gasteiger charge is 2.30. The zero-order valence-electron chi connectivity index (χ0n) is 13.9. The molecule has 0 spiro atoms. The van der Waals surface area contributed by atoms with Gasteiger partial charge >= 0.3 is 0 Å². The summed E-state index contributed by atoms with van der Waals surface area (Å²) in [5, 5.41) is 0. The van der Waals surface area contributed by atoms with E-state index in [1.54, 1.807) is 36.1 Å². The number of carbonyl (C=O) groups is 1. The number of benzene rings is 1. The van der Waals surface area contributed by atoms with Crippen LogP contribution in [0, 0.1) is 6.92 Å². The Hall–Kier alpha value is -2.12. The molecule has 1 aromatic carbocycles. The van der Waals surface area contributed by atoms with Crippen molar-refractivity contribution in [2.75, 3.05) is 4.90 Å². The monoisotopic (exact) mass is 348 g/mol. The molecule has 24 heavy (non-hydrogen) atoms. The van der Waals surface area contributed by atoms with Crippen LogP contribution in [0.1, 0.15) is 30.9 Å². The molecule has 128 valence electrons. The summed E-state index contributed by atoms with van der Waals surface area (Å²) in [6, 6.07) is 8.44. The quantitative estimate of drug-likeness (QED) is 0.920. The Morgan fingerprint density at radius 3 is 2.71 bits per heavy atom. The molecule has 1 amide bonds. The van der Waals surface area contributed by atoms with Gasteiger partial charge in [0.1, 0.15) is 11.5 Å². The molecule has 0 radical (unpaired) electrons. The van der Waals surface area contributed by atoms with Crippen LogP contribution in [0.3, 0.4) is 0 Å². The number of nitrogens with one attached hydrogen (secondary N) is 1. The van der Waals surface area contributed by atoms with Gasteiger partial charge in [-0.15, -0.1) is 0 Å². The summed E-state index contributed by atoms with van der Waals surface area (Å²) in [4.78, 5) is 13.6. The van der Waals surface area contributed by atoms with Crippen molar-refractivity contribution in [2.45, 2.75) is 44.7 Å². The second kappa shape index (κ2) is 6.07. The van der Waals surface area contributed by atoms with Gasteiger partial charge in [-0.3, -0.25) is 4.79 Å². The van der Waals surface area contributed by atoms with Crippen LogP contribution in [0.5, 0.6) is 0 Å². The van der Waals surface area contributed by atoms with Crippen LogP contribution in [0.2, 0.25) is 0 Å². The first-order chi connectivity index (χ1) is 11.3. The molecule has 0 saturated carbocycles. The smallest absolute Gasteiger partial charge is 0.240 e. The second-order valence-electron chi connectivity index (χ2n) is 6.07. The number of furan rings is 1. The van der Waals surface area contributed by atoms with Crippen molar-refractivity contribution in [3.05, 3.63) is 47.4 Å². The van der Waals surface area contributed by atoms with E-state index in [0.717, 1.165) is 17.0 Å². The molecule has 0 saturated heterocycles. The van der Waals surface area contributed by atoms with Gasteiger partial charge in [0.15, 0.2) is 0 Å². The molecule has 7 heteroatoms. The topological polar surface area (TPSA) is 79.6 Å². The first-order valence-corrected chi connectivity index (χ1v) is 9.24. The molecule has 0 bridgehead atoms. The van der Waals surface area contributed by atoms with Gasteiger partial charge in [-0.05, 0) is 56.2 Å².